The largest absolute Gasteiger partial charge is 0.491 e. The van der Waals surface area contributed by atoms with Crippen molar-refractivity contribution >= 4 is 9.84 Å². The van der Waals surface area contributed by atoms with Crippen LogP contribution < -0.4 is 10.5 Å². The molecule has 1 aromatic heterocycles. The molecule has 0 aliphatic rings. The molecule has 0 fully saturated rings. The number of rotatable bonds is 4. The highest BCUT2D eigenvalue weighted by atomic mass is 32.2. The minimum Gasteiger partial charge on any atom is -0.491 e. The zero-order valence-electron chi connectivity index (χ0n) is 9.51. The average molecular weight is 254 g/mol. The summed E-state index contributed by atoms with van der Waals surface area (Å²) in [4.78, 5) is 3.93. The van der Waals surface area contributed by atoms with Gasteiger partial charge >= 0.3 is 0 Å². The molecule has 92 valence electrons. The van der Waals surface area contributed by atoms with E-state index >= 15 is 0 Å². The monoisotopic (exact) mass is 254 g/mol. The Balaban J connectivity index is 2.60. The highest BCUT2D eigenvalue weighted by Crippen LogP contribution is 2.10. The predicted octanol–water partition coefficient (Wildman–Crippen LogP) is -0.185. The molecule has 1 aromatic rings. The molecule has 0 radical (unpaired) electrons. The van der Waals surface area contributed by atoms with Gasteiger partial charge in [-0.05, 0) is 6.07 Å². The van der Waals surface area contributed by atoms with Crippen LogP contribution in [0.15, 0.2) is 18.5 Å². The fourth-order valence-corrected chi connectivity index (χ4v) is 1.42. The van der Waals surface area contributed by atoms with E-state index in [1.165, 1.54) is 6.20 Å². The predicted molar refractivity (Wildman–Crippen MR) is 65.4 cm³/mol. The van der Waals surface area contributed by atoms with Crippen molar-refractivity contribution in [2.24, 2.45) is 5.73 Å². The number of hydrogen-bond acceptors (Lipinski definition) is 5. The molecular weight excluding hydrogens is 240 g/mol. The second-order valence-electron chi connectivity index (χ2n) is 3.39. The molecule has 0 aliphatic carbocycles. The molecule has 0 bridgehead atoms. The lowest BCUT2D eigenvalue weighted by Crippen LogP contribution is -2.12. The maximum atomic E-state index is 10.9. The van der Waals surface area contributed by atoms with Gasteiger partial charge < -0.3 is 10.5 Å². The standard InChI is InChI=1S/C11H14N2O3S/c1-17(14,15)6-5-16-11-7-10(3-2-4-12)8-13-9-11/h7-9H,4-6,12H2,1H3. The number of nitrogens with two attached hydrogens (primary N) is 1. The van der Waals surface area contributed by atoms with Gasteiger partial charge in [0.25, 0.3) is 0 Å². The summed E-state index contributed by atoms with van der Waals surface area (Å²) in [6.07, 6.45) is 4.26. The van der Waals surface area contributed by atoms with Crippen LogP contribution in [0.3, 0.4) is 0 Å². The maximum absolute atomic E-state index is 10.9. The van der Waals surface area contributed by atoms with Gasteiger partial charge in [-0.1, -0.05) is 11.8 Å². The Labute approximate surface area is 101 Å². The van der Waals surface area contributed by atoms with Gasteiger partial charge in [-0.25, -0.2) is 8.42 Å². The molecule has 0 aromatic carbocycles. The quantitative estimate of drug-likeness (QED) is 0.753. The molecule has 0 unspecified atom stereocenters. The molecule has 2 N–H and O–H groups in total. The van der Waals surface area contributed by atoms with Crippen LogP contribution in [0, 0.1) is 11.8 Å². The van der Waals surface area contributed by atoms with E-state index in [1.807, 2.05) is 0 Å². The number of ether oxygens (including phenoxy) is 1. The van der Waals surface area contributed by atoms with Gasteiger partial charge in [0.1, 0.15) is 12.4 Å². The van der Waals surface area contributed by atoms with Crippen LogP contribution in [0.4, 0.5) is 0 Å². The number of pyridine rings is 1. The van der Waals surface area contributed by atoms with E-state index < -0.39 is 9.84 Å². The highest BCUT2D eigenvalue weighted by molar-refractivity contribution is 7.90. The summed E-state index contributed by atoms with van der Waals surface area (Å²) in [6, 6.07) is 1.69. The van der Waals surface area contributed by atoms with Crippen molar-refractivity contribution in [2.75, 3.05) is 25.2 Å². The Morgan fingerprint density at radius 1 is 1.47 bits per heavy atom. The summed E-state index contributed by atoms with van der Waals surface area (Å²) in [5.41, 5.74) is 5.94. The van der Waals surface area contributed by atoms with Crippen LogP contribution in [0.2, 0.25) is 0 Å². The van der Waals surface area contributed by atoms with Crippen LogP contribution in [0.1, 0.15) is 5.56 Å². The lowest BCUT2D eigenvalue weighted by Gasteiger charge is -2.04. The summed E-state index contributed by atoms with van der Waals surface area (Å²) < 4.78 is 27.1. The Bertz CT molecular complexity index is 529. The first-order valence-corrected chi connectivity index (χ1v) is 7.02. The Morgan fingerprint density at radius 2 is 2.24 bits per heavy atom. The van der Waals surface area contributed by atoms with Crippen molar-refractivity contribution in [3.8, 4) is 17.6 Å². The van der Waals surface area contributed by atoms with E-state index in [2.05, 4.69) is 16.8 Å². The van der Waals surface area contributed by atoms with Gasteiger partial charge in [-0.3, -0.25) is 4.98 Å². The number of hydrogen-bond donors (Lipinski definition) is 1. The van der Waals surface area contributed by atoms with Crippen LogP contribution in [-0.4, -0.2) is 38.6 Å². The Morgan fingerprint density at radius 3 is 2.88 bits per heavy atom. The third-order valence-corrected chi connectivity index (χ3v) is 2.68. The van der Waals surface area contributed by atoms with E-state index in [0.717, 1.165) is 6.26 Å². The number of aromatic nitrogens is 1. The fraction of sp³-hybridized carbons (Fsp3) is 0.364. The molecule has 6 heteroatoms. The SMILES string of the molecule is CS(=O)(=O)CCOc1cncc(C#CCN)c1. The second kappa shape index (κ2) is 6.23. The normalized spacial score (nSPS) is 10.5. The van der Waals surface area contributed by atoms with Gasteiger partial charge in [0.15, 0.2) is 9.84 Å². The number of sulfone groups is 1. The zero-order chi connectivity index (χ0) is 12.7. The third-order valence-electron chi connectivity index (χ3n) is 1.77. The summed E-state index contributed by atoms with van der Waals surface area (Å²) in [7, 11) is -3.01. The van der Waals surface area contributed by atoms with Gasteiger partial charge in [0.2, 0.25) is 0 Å². The molecule has 0 aliphatic heterocycles. The molecule has 1 rings (SSSR count). The first-order valence-electron chi connectivity index (χ1n) is 4.96. The minimum atomic E-state index is -3.01. The molecular formula is C11H14N2O3S. The van der Waals surface area contributed by atoms with Gasteiger partial charge in [0.05, 0.1) is 18.5 Å². The van der Waals surface area contributed by atoms with Crippen molar-refractivity contribution in [3.05, 3.63) is 24.0 Å². The Kier molecular flexibility index (Phi) is 4.94. The summed E-state index contributed by atoms with van der Waals surface area (Å²) in [5, 5.41) is 0. The lowest BCUT2D eigenvalue weighted by molar-refractivity contribution is 0.339. The first-order chi connectivity index (χ1) is 8.01. The third kappa shape index (κ3) is 5.90. The van der Waals surface area contributed by atoms with Crippen LogP contribution in [-0.2, 0) is 9.84 Å². The van der Waals surface area contributed by atoms with Crippen LogP contribution >= 0.6 is 0 Å². The maximum Gasteiger partial charge on any atom is 0.150 e. The van der Waals surface area contributed by atoms with E-state index in [1.54, 1.807) is 12.3 Å². The van der Waals surface area contributed by atoms with Gasteiger partial charge in [-0.15, -0.1) is 0 Å². The Hall–Kier alpha value is -1.58. The molecule has 0 atom stereocenters. The smallest absolute Gasteiger partial charge is 0.150 e. The van der Waals surface area contributed by atoms with Gasteiger partial charge in [0, 0.05) is 18.0 Å². The number of nitrogens with zero attached hydrogens (tertiary/aromatic N) is 1. The zero-order valence-corrected chi connectivity index (χ0v) is 10.3. The summed E-state index contributed by atoms with van der Waals surface area (Å²) >= 11 is 0. The van der Waals surface area contributed by atoms with Crippen molar-refractivity contribution in [2.45, 2.75) is 0 Å². The van der Waals surface area contributed by atoms with Crippen molar-refractivity contribution < 1.29 is 13.2 Å². The molecule has 0 amide bonds. The minimum absolute atomic E-state index is 0.0221. The molecule has 17 heavy (non-hydrogen) atoms. The molecule has 1 heterocycles. The fourth-order valence-electron chi connectivity index (χ4n) is 1.03. The second-order valence-corrected chi connectivity index (χ2v) is 5.65. The van der Waals surface area contributed by atoms with Crippen molar-refractivity contribution in [1.82, 2.24) is 4.98 Å². The van der Waals surface area contributed by atoms with Crippen LogP contribution in [0.25, 0.3) is 0 Å². The van der Waals surface area contributed by atoms with E-state index in [-0.39, 0.29) is 18.9 Å². The highest BCUT2D eigenvalue weighted by Gasteiger charge is 2.02. The molecule has 0 spiro atoms. The first kappa shape index (κ1) is 13.5. The van der Waals surface area contributed by atoms with E-state index in [9.17, 15) is 8.42 Å². The molecule has 0 saturated heterocycles. The lowest BCUT2D eigenvalue weighted by atomic mass is 10.3. The van der Waals surface area contributed by atoms with Crippen LogP contribution in [0.5, 0.6) is 5.75 Å². The van der Waals surface area contributed by atoms with Crippen molar-refractivity contribution in [3.63, 3.8) is 0 Å². The van der Waals surface area contributed by atoms with E-state index in [4.69, 9.17) is 10.5 Å². The molecule has 5 nitrogen and oxygen atoms in total. The average Bonchev–Trinajstić information content (AvgIpc) is 2.25. The summed E-state index contributed by atoms with van der Waals surface area (Å²) in [5.74, 6) is 5.99. The topological polar surface area (TPSA) is 82.3 Å². The van der Waals surface area contributed by atoms with E-state index in [0.29, 0.717) is 11.3 Å². The van der Waals surface area contributed by atoms with Gasteiger partial charge in [-0.2, -0.15) is 0 Å². The van der Waals surface area contributed by atoms with Crippen molar-refractivity contribution in [1.29, 1.82) is 0 Å². The molecule has 0 saturated carbocycles. The summed E-state index contributed by atoms with van der Waals surface area (Å²) in [6.45, 7) is 0.382.